The SMILES string of the molecule is CC(O)C(C)(C)NC(=O)c1cc2ccccc2c(=O)[nH]1. The molecule has 3 N–H and O–H groups in total. The predicted octanol–water partition coefficient (Wildman–Crippen LogP) is 1.42. The highest BCUT2D eigenvalue weighted by atomic mass is 16.3. The highest BCUT2D eigenvalue weighted by Gasteiger charge is 2.26. The Balaban J connectivity index is 2.39. The molecule has 0 saturated heterocycles. The Bertz CT molecular complexity index is 702. The molecule has 2 aromatic rings. The molecule has 0 bridgehead atoms. The average Bonchev–Trinajstić information content (AvgIpc) is 2.38. The van der Waals surface area contributed by atoms with Gasteiger partial charge >= 0.3 is 0 Å². The average molecular weight is 274 g/mol. The molecular weight excluding hydrogens is 256 g/mol. The molecule has 1 aromatic heterocycles. The van der Waals surface area contributed by atoms with Crippen molar-refractivity contribution in [2.75, 3.05) is 0 Å². The highest BCUT2D eigenvalue weighted by Crippen LogP contribution is 2.12. The third-order valence-corrected chi connectivity index (χ3v) is 3.48. The van der Waals surface area contributed by atoms with Gasteiger partial charge in [-0.3, -0.25) is 9.59 Å². The van der Waals surface area contributed by atoms with Crippen molar-refractivity contribution in [2.24, 2.45) is 0 Å². The van der Waals surface area contributed by atoms with Crippen molar-refractivity contribution >= 4 is 16.7 Å². The Hall–Kier alpha value is -2.14. The van der Waals surface area contributed by atoms with Gasteiger partial charge in [0.25, 0.3) is 11.5 Å². The number of hydrogen-bond acceptors (Lipinski definition) is 3. The number of carbonyl (C=O) groups is 1. The molecule has 20 heavy (non-hydrogen) atoms. The first-order chi connectivity index (χ1) is 9.31. The molecule has 0 aliphatic heterocycles. The Labute approximate surface area is 116 Å². The molecule has 1 heterocycles. The molecule has 1 aromatic carbocycles. The largest absolute Gasteiger partial charge is 0.391 e. The second kappa shape index (κ2) is 5.09. The summed E-state index contributed by atoms with van der Waals surface area (Å²) in [6.07, 6.45) is -0.710. The van der Waals surface area contributed by atoms with Gasteiger partial charge < -0.3 is 15.4 Å². The smallest absolute Gasteiger partial charge is 0.268 e. The number of aromatic amines is 1. The Morgan fingerprint density at radius 3 is 2.65 bits per heavy atom. The van der Waals surface area contributed by atoms with Gasteiger partial charge in [0.05, 0.1) is 11.6 Å². The van der Waals surface area contributed by atoms with Gasteiger partial charge in [-0.05, 0) is 38.3 Å². The fourth-order valence-electron chi connectivity index (χ4n) is 1.80. The number of amides is 1. The van der Waals surface area contributed by atoms with Crippen LogP contribution in [-0.2, 0) is 0 Å². The summed E-state index contributed by atoms with van der Waals surface area (Å²) in [7, 11) is 0. The van der Waals surface area contributed by atoms with Crippen molar-refractivity contribution in [3.05, 3.63) is 46.4 Å². The highest BCUT2D eigenvalue weighted by molar-refractivity contribution is 5.96. The third kappa shape index (κ3) is 2.72. The van der Waals surface area contributed by atoms with Crippen molar-refractivity contribution in [3.63, 3.8) is 0 Å². The van der Waals surface area contributed by atoms with Crippen LogP contribution < -0.4 is 10.9 Å². The van der Waals surface area contributed by atoms with E-state index in [0.29, 0.717) is 10.8 Å². The fourth-order valence-corrected chi connectivity index (χ4v) is 1.80. The van der Waals surface area contributed by atoms with E-state index >= 15 is 0 Å². The van der Waals surface area contributed by atoms with Crippen molar-refractivity contribution in [3.8, 4) is 0 Å². The summed E-state index contributed by atoms with van der Waals surface area (Å²) in [5.74, 6) is -0.418. The number of hydrogen-bond donors (Lipinski definition) is 3. The summed E-state index contributed by atoms with van der Waals surface area (Å²) in [6, 6.07) is 8.69. The van der Waals surface area contributed by atoms with Crippen LogP contribution in [0.3, 0.4) is 0 Å². The lowest BCUT2D eigenvalue weighted by Crippen LogP contribution is -2.51. The number of rotatable bonds is 3. The fraction of sp³-hybridized carbons (Fsp3) is 0.333. The van der Waals surface area contributed by atoms with Gasteiger partial charge in [0.2, 0.25) is 0 Å². The van der Waals surface area contributed by atoms with Crippen LogP contribution in [0.25, 0.3) is 10.8 Å². The van der Waals surface area contributed by atoms with Crippen LogP contribution in [0.15, 0.2) is 35.1 Å². The molecule has 1 unspecified atom stereocenters. The standard InChI is InChI=1S/C15H18N2O3/c1-9(18)15(2,3)17-14(20)12-8-10-6-4-5-7-11(10)13(19)16-12/h4-9,18H,1-3H3,(H,16,19)(H,17,20). The second-order valence-electron chi connectivity index (χ2n) is 5.45. The van der Waals surface area contributed by atoms with Crippen molar-refractivity contribution in [2.45, 2.75) is 32.4 Å². The summed E-state index contributed by atoms with van der Waals surface area (Å²) in [4.78, 5) is 26.6. The van der Waals surface area contributed by atoms with Crippen LogP contribution in [0, 0.1) is 0 Å². The van der Waals surface area contributed by atoms with Crippen LogP contribution in [-0.4, -0.2) is 27.6 Å². The van der Waals surface area contributed by atoms with E-state index in [2.05, 4.69) is 10.3 Å². The predicted molar refractivity (Wildman–Crippen MR) is 77.8 cm³/mol. The Kier molecular flexibility index (Phi) is 3.63. The lowest BCUT2D eigenvalue weighted by Gasteiger charge is -2.29. The number of aliphatic hydroxyl groups excluding tert-OH is 1. The van der Waals surface area contributed by atoms with Gasteiger partial charge in [-0.1, -0.05) is 18.2 Å². The summed E-state index contributed by atoms with van der Waals surface area (Å²) in [6.45, 7) is 5.03. The molecule has 106 valence electrons. The summed E-state index contributed by atoms with van der Waals surface area (Å²) in [5.41, 5.74) is -0.898. The minimum Gasteiger partial charge on any atom is -0.391 e. The zero-order chi connectivity index (χ0) is 14.9. The van der Waals surface area contributed by atoms with Crippen LogP contribution >= 0.6 is 0 Å². The van der Waals surface area contributed by atoms with E-state index in [1.807, 2.05) is 6.07 Å². The minimum atomic E-state index is -0.778. The second-order valence-corrected chi connectivity index (χ2v) is 5.45. The van der Waals surface area contributed by atoms with Gasteiger partial charge in [0.1, 0.15) is 5.69 Å². The van der Waals surface area contributed by atoms with E-state index < -0.39 is 17.6 Å². The van der Waals surface area contributed by atoms with Crippen molar-refractivity contribution < 1.29 is 9.90 Å². The summed E-state index contributed by atoms with van der Waals surface area (Å²) < 4.78 is 0. The normalized spacial score (nSPS) is 13.2. The van der Waals surface area contributed by atoms with Gasteiger partial charge in [0.15, 0.2) is 0 Å². The van der Waals surface area contributed by atoms with Gasteiger partial charge in [0, 0.05) is 5.39 Å². The maximum atomic E-state index is 12.2. The lowest BCUT2D eigenvalue weighted by molar-refractivity contribution is 0.0705. The first-order valence-corrected chi connectivity index (χ1v) is 6.44. The molecule has 0 fully saturated rings. The van der Waals surface area contributed by atoms with Crippen molar-refractivity contribution in [1.82, 2.24) is 10.3 Å². The van der Waals surface area contributed by atoms with Gasteiger partial charge in [-0.2, -0.15) is 0 Å². The number of nitrogens with one attached hydrogen (secondary N) is 2. The molecule has 1 atom stereocenters. The maximum Gasteiger partial charge on any atom is 0.268 e. The number of benzene rings is 1. The van der Waals surface area contributed by atoms with Crippen LogP contribution in [0.2, 0.25) is 0 Å². The van der Waals surface area contributed by atoms with E-state index in [0.717, 1.165) is 0 Å². The molecule has 0 aliphatic rings. The lowest BCUT2D eigenvalue weighted by atomic mass is 9.98. The molecule has 5 heteroatoms. The van der Waals surface area contributed by atoms with Crippen LogP contribution in [0.5, 0.6) is 0 Å². The number of carbonyl (C=O) groups excluding carboxylic acids is 1. The van der Waals surface area contributed by atoms with Crippen molar-refractivity contribution in [1.29, 1.82) is 0 Å². The van der Waals surface area contributed by atoms with Gasteiger partial charge in [-0.25, -0.2) is 0 Å². The van der Waals surface area contributed by atoms with E-state index in [-0.39, 0.29) is 11.3 Å². The van der Waals surface area contributed by atoms with E-state index in [9.17, 15) is 14.7 Å². The van der Waals surface area contributed by atoms with Crippen LogP contribution in [0.1, 0.15) is 31.3 Å². The quantitative estimate of drug-likeness (QED) is 0.791. The van der Waals surface area contributed by atoms with E-state index in [4.69, 9.17) is 0 Å². The number of aromatic nitrogens is 1. The number of fused-ring (bicyclic) bond motifs is 1. The first-order valence-electron chi connectivity index (χ1n) is 6.44. The minimum absolute atomic E-state index is 0.183. The molecule has 0 aliphatic carbocycles. The molecule has 5 nitrogen and oxygen atoms in total. The maximum absolute atomic E-state index is 12.2. The zero-order valence-corrected chi connectivity index (χ0v) is 11.7. The third-order valence-electron chi connectivity index (χ3n) is 3.48. The van der Waals surface area contributed by atoms with Crippen LogP contribution in [0.4, 0.5) is 0 Å². The monoisotopic (exact) mass is 274 g/mol. The topological polar surface area (TPSA) is 82.2 Å². The summed E-state index contributed by atoms with van der Waals surface area (Å²) >= 11 is 0. The molecule has 0 spiro atoms. The molecule has 2 rings (SSSR count). The molecule has 0 radical (unpaired) electrons. The Morgan fingerprint density at radius 2 is 2.00 bits per heavy atom. The number of H-pyrrole nitrogens is 1. The number of pyridine rings is 1. The van der Waals surface area contributed by atoms with E-state index in [1.165, 1.54) is 0 Å². The summed E-state index contributed by atoms with van der Waals surface area (Å²) in [5, 5.41) is 13.6. The molecule has 0 saturated carbocycles. The number of aliphatic hydroxyl groups is 1. The Morgan fingerprint density at radius 1 is 1.35 bits per heavy atom. The zero-order valence-electron chi connectivity index (χ0n) is 11.7. The molecule has 1 amide bonds. The first kappa shape index (κ1) is 14.3. The molecular formula is C15H18N2O3. The van der Waals surface area contributed by atoms with E-state index in [1.54, 1.807) is 45.0 Å². The van der Waals surface area contributed by atoms with Gasteiger partial charge in [-0.15, -0.1) is 0 Å².